The first kappa shape index (κ1) is 10.6. The molecule has 0 unspecified atom stereocenters. The molecule has 0 aromatic heterocycles. The van der Waals surface area contributed by atoms with Gasteiger partial charge in [-0.2, -0.15) is 0 Å². The van der Waals surface area contributed by atoms with Crippen LogP contribution in [0.1, 0.15) is 6.92 Å². The second-order valence-corrected chi connectivity index (χ2v) is 2.25. The van der Waals surface area contributed by atoms with E-state index in [1.165, 1.54) is 0 Å². The number of anilines is 2. The van der Waals surface area contributed by atoms with Crippen molar-refractivity contribution in [3.8, 4) is 0 Å². The molecule has 0 aliphatic carbocycles. The highest BCUT2D eigenvalue weighted by Crippen LogP contribution is 2.14. The smallest absolute Gasteiger partial charge is 0.0571 e. The first-order chi connectivity index (χ1) is 5.76. The molecule has 12 heavy (non-hydrogen) atoms. The molecule has 0 bridgehead atoms. The van der Waals surface area contributed by atoms with E-state index >= 15 is 0 Å². The van der Waals surface area contributed by atoms with Crippen LogP contribution in [0.4, 0.5) is 11.4 Å². The van der Waals surface area contributed by atoms with E-state index in [-0.39, 0.29) is 0 Å². The maximum Gasteiger partial charge on any atom is 0.0571 e. The molecule has 2 nitrogen and oxygen atoms in total. The number of benzene rings is 1. The number of hydrogen-bond donors (Lipinski definition) is 2. The fourth-order valence-corrected chi connectivity index (χ4v) is 0.725. The number of hydrogen-bond acceptors (Lipinski definition) is 2. The summed E-state index contributed by atoms with van der Waals surface area (Å²) in [6.45, 7) is 5.25. The largest absolute Gasteiger partial charge is 0.397 e. The van der Waals surface area contributed by atoms with Crippen molar-refractivity contribution >= 4 is 11.4 Å². The van der Waals surface area contributed by atoms with Crippen molar-refractivity contribution in [2.45, 2.75) is 6.92 Å². The summed E-state index contributed by atoms with van der Waals surface area (Å²) in [5, 5.41) is 2.97. The standard InChI is InChI=1S/C7H10N2.C3H6/c1-9-7-5-3-2-4-6(7)8;1-3-2/h2-5,9H,8H2,1H3;3H,1H2,2H3. The lowest BCUT2D eigenvalue weighted by Crippen LogP contribution is -1.93. The van der Waals surface area contributed by atoms with Crippen LogP contribution in [0.25, 0.3) is 0 Å². The van der Waals surface area contributed by atoms with Crippen molar-refractivity contribution in [1.29, 1.82) is 0 Å². The van der Waals surface area contributed by atoms with Crippen molar-refractivity contribution in [1.82, 2.24) is 0 Å². The number of nitrogen functional groups attached to an aromatic ring is 1. The molecule has 0 fully saturated rings. The fourth-order valence-electron chi connectivity index (χ4n) is 0.725. The van der Waals surface area contributed by atoms with E-state index in [1.807, 2.05) is 38.2 Å². The Labute approximate surface area is 74.1 Å². The van der Waals surface area contributed by atoms with Gasteiger partial charge < -0.3 is 11.1 Å². The van der Waals surface area contributed by atoms with Crippen LogP contribution in [-0.2, 0) is 0 Å². The van der Waals surface area contributed by atoms with E-state index in [0.29, 0.717) is 0 Å². The molecular formula is C10H16N2. The molecule has 1 rings (SSSR count). The fraction of sp³-hybridized carbons (Fsp3) is 0.200. The van der Waals surface area contributed by atoms with Crippen LogP contribution in [0.15, 0.2) is 36.9 Å². The molecule has 3 N–H and O–H groups in total. The lowest BCUT2D eigenvalue weighted by molar-refractivity contribution is 1.51. The van der Waals surface area contributed by atoms with E-state index in [2.05, 4.69) is 11.9 Å². The normalized spacial score (nSPS) is 7.83. The van der Waals surface area contributed by atoms with E-state index in [4.69, 9.17) is 5.73 Å². The average molecular weight is 164 g/mol. The van der Waals surface area contributed by atoms with Gasteiger partial charge in [-0.25, -0.2) is 0 Å². The Morgan fingerprint density at radius 3 is 2.25 bits per heavy atom. The van der Waals surface area contributed by atoms with Gasteiger partial charge >= 0.3 is 0 Å². The van der Waals surface area contributed by atoms with E-state index in [1.54, 1.807) is 6.08 Å². The molecule has 0 amide bonds. The van der Waals surface area contributed by atoms with Crippen LogP contribution in [0, 0.1) is 0 Å². The summed E-state index contributed by atoms with van der Waals surface area (Å²) in [6.07, 6.45) is 1.75. The Hall–Kier alpha value is -1.44. The molecule has 2 heteroatoms. The molecule has 0 radical (unpaired) electrons. The molecule has 0 saturated heterocycles. The van der Waals surface area contributed by atoms with Crippen molar-refractivity contribution in [2.24, 2.45) is 0 Å². The van der Waals surface area contributed by atoms with Gasteiger partial charge in [0, 0.05) is 7.05 Å². The Bertz CT molecular complexity index is 231. The zero-order valence-electron chi connectivity index (χ0n) is 7.67. The molecule has 1 aromatic rings. The van der Waals surface area contributed by atoms with Crippen molar-refractivity contribution in [3.63, 3.8) is 0 Å². The lowest BCUT2D eigenvalue weighted by Gasteiger charge is -2.01. The monoisotopic (exact) mass is 164 g/mol. The second-order valence-electron chi connectivity index (χ2n) is 2.25. The Kier molecular flexibility index (Phi) is 5.53. The van der Waals surface area contributed by atoms with Crippen LogP contribution in [-0.4, -0.2) is 7.05 Å². The summed E-state index contributed by atoms with van der Waals surface area (Å²) in [5.41, 5.74) is 7.34. The minimum atomic E-state index is 0.792. The van der Waals surface area contributed by atoms with Gasteiger partial charge in [-0.1, -0.05) is 18.2 Å². The van der Waals surface area contributed by atoms with Crippen LogP contribution in [0.3, 0.4) is 0 Å². The summed E-state index contributed by atoms with van der Waals surface area (Å²) in [5.74, 6) is 0. The predicted octanol–water partition coefficient (Wildman–Crippen LogP) is 2.50. The summed E-state index contributed by atoms with van der Waals surface area (Å²) in [4.78, 5) is 0. The van der Waals surface area contributed by atoms with Crippen molar-refractivity contribution < 1.29 is 0 Å². The minimum absolute atomic E-state index is 0.792. The van der Waals surface area contributed by atoms with E-state index < -0.39 is 0 Å². The maximum absolute atomic E-state index is 5.57. The van der Waals surface area contributed by atoms with E-state index in [9.17, 15) is 0 Å². The third-order valence-electron chi connectivity index (χ3n) is 1.23. The zero-order chi connectivity index (χ0) is 9.40. The highest BCUT2D eigenvalue weighted by Gasteiger charge is 1.89. The predicted molar refractivity (Wildman–Crippen MR) is 56.3 cm³/mol. The highest BCUT2D eigenvalue weighted by atomic mass is 14.8. The SMILES string of the molecule is C=CC.CNc1ccccc1N. The average Bonchev–Trinajstić information content (AvgIpc) is 2.07. The molecule has 0 spiro atoms. The Balaban J connectivity index is 0.000000354. The van der Waals surface area contributed by atoms with Crippen LogP contribution in [0.5, 0.6) is 0 Å². The van der Waals surface area contributed by atoms with Gasteiger partial charge in [-0.3, -0.25) is 0 Å². The number of allylic oxidation sites excluding steroid dienone is 1. The molecule has 0 aliphatic heterocycles. The summed E-state index contributed by atoms with van der Waals surface area (Å²) in [7, 11) is 1.85. The number of nitrogens with one attached hydrogen (secondary N) is 1. The van der Waals surface area contributed by atoms with Gasteiger partial charge in [0.1, 0.15) is 0 Å². The number of nitrogens with two attached hydrogens (primary N) is 1. The molecule has 66 valence electrons. The summed E-state index contributed by atoms with van der Waals surface area (Å²) in [6, 6.07) is 7.67. The molecule has 1 aromatic carbocycles. The number of rotatable bonds is 1. The van der Waals surface area contributed by atoms with Crippen LogP contribution in [0.2, 0.25) is 0 Å². The van der Waals surface area contributed by atoms with Crippen molar-refractivity contribution in [2.75, 3.05) is 18.1 Å². The highest BCUT2D eigenvalue weighted by molar-refractivity contribution is 5.65. The van der Waals surface area contributed by atoms with Gasteiger partial charge in [0.2, 0.25) is 0 Å². The van der Waals surface area contributed by atoms with Crippen molar-refractivity contribution in [3.05, 3.63) is 36.9 Å². The molecule has 0 saturated carbocycles. The summed E-state index contributed by atoms with van der Waals surface area (Å²) >= 11 is 0. The van der Waals surface area contributed by atoms with Crippen LogP contribution >= 0.6 is 0 Å². The van der Waals surface area contributed by atoms with Gasteiger partial charge in [-0.05, 0) is 19.1 Å². The Morgan fingerprint density at radius 1 is 1.42 bits per heavy atom. The second kappa shape index (κ2) is 6.28. The molecule has 0 atom stereocenters. The van der Waals surface area contributed by atoms with Gasteiger partial charge in [-0.15, -0.1) is 6.58 Å². The van der Waals surface area contributed by atoms with Gasteiger partial charge in [0.15, 0.2) is 0 Å². The lowest BCUT2D eigenvalue weighted by atomic mass is 10.3. The molecular weight excluding hydrogens is 148 g/mol. The Morgan fingerprint density at radius 2 is 1.92 bits per heavy atom. The third kappa shape index (κ3) is 3.66. The molecule has 0 heterocycles. The zero-order valence-corrected chi connectivity index (χ0v) is 7.67. The van der Waals surface area contributed by atoms with Gasteiger partial charge in [0.25, 0.3) is 0 Å². The topological polar surface area (TPSA) is 38.0 Å². The quantitative estimate of drug-likeness (QED) is 0.494. The first-order valence-electron chi connectivity index (χ1n) is 3.85. The molecule has 0 aliphatic rings. The number of para-hydroxylation sites is 2. The first-order valence-corrected chi connectivity index (χ1v) is 3.85. The van der Waals surface area contributed by atoms with Crippen LogP contribution < -0.4 is 11.1 Å². The van der Waals surface area contributed by atoms with E-state index in [0.717, 1.165) is 11.4 Å². The third-order valence-corrected chi connectivity index (χ3v) is 1.23. The minimum Gasteiger partial charge on any atom is -0.397 e. The maximum atomic E-state index is 5.57. The van der Waals surface area contributed by atoms with Gasteiger partial charge in [0.05, 0.1) is 11.4 Å². The summed E-state index contributed by atoms with van der Waals surface area (Å²) < 4.78 is 0.